The van der Waals surface area contributed by atoms with E-state index in [1.54, 1.807) is 11.0 Å². The van der Waals surface area contributed by atoms with E-state index in [0.29, 0.717) is 38.5 Å². The van der Waals surface area contributed by atoms with Crippen molar-refractivity contribution in [3.63, 3.8) is 0 Å². The molecule has 30 heavy (non-hydrogen) atoms. The highest BCUT2D eigenvalue weighted by Gasteiger charge is 2.23. The van der Waals surface area contributed by atoms with Crippen LogP contribution in [-0.2, 0) is 26.1 Å². The van der Waals surface area contributed by atoms with Crippen LogP contribution in [0.5, 0.6) is 0 Å². The van der Waals surface area contributed by atoms with Gasteiger partial charge in [0.1, 0.15) is 0 Å². The summed E-state index contributed by atoms with van der Waals surface area (Å²) in [6, 6.07) is 14.3. The molecule has 0 saturated carbocycles. The lowest BCUT2D eigenvalue weighted by Gasteiger charge is -2.27. The first-order valence-electron chi connectivity index (χ1n) is 9.67. The van der Waals surface area contributed by atoms with E-state index in [0.717, 1.165) is 10.5 Å². The molecule has 1 fully saturated rings. The average molecular weight is 451 g/mol. The van der Waals surface area contributed by atoms with Gasteiger partial charge in [-0.15, -0.1) is 11.8 Å². The highest BCUT2D eigenvalue weighted by molar-refractivity contribution is 7.98. The average Bonchev–Trinajstić information content (AvgIpc) is 2.79. The van der Waals surface area contributed by atoms with E-state index in [-0.39, 0.29) is 24.0 Å². The number of morpholine rings is 1. The second-order valence-electron chi connectivity index (χ2n) is 6.70. The van der Waals surface area contributed by atoms with Crippen molar-refractivity contribution >= 4 is 27.7 Å². The number of ether oxygens (including phenoxy) is 2. The number of thioether (sulfide) groups is 1. The number of carbonyl (C=O) groups excluding carboxylic acids is 1. The van der Waals surface area contributed by atoms with E-state index in [9.17, 15) is 13.2 Å². The van der Waals surface area contributed by atoms with Gasteiger partial charge in [-0.25, -0.2) is 13.1 Å². The molecular formula is C21H26N2O5S2. The van der Waals surface area contributed by atoms with E-state index in [1.165, 1.54) is 23.9 Å². The monoisotopic (exact) mass is 450 g/mol. The molecule has 1 heterocycles. The van der Waals surface area contributed by atoms with E-state index in [1.807, 2.05) is 36.6 Å². The molecule has 0 bridgehead atoms. The van der Waals surface area contributed by atoms with Gasteiger partial charge in [-0.3, -0.25) is 4.79 Å². The maximum Gasteiger partial charge on any atom is 0.255 e. The topological polar surface area (TPSA) is 84.9 Å². The zero-order valence-corrected chi connectivity index (χ0v) is 18.5. The Balaban J connectivity index is 1.62. The first-order valence-corrected chi connectivity index (χ1v) is 12.4. The third kappa shape index (κ3) is 6.05. The molecule has 0 unspecified atom stereocenters. The fraction of sp³-hybridized carbons (Fsp3) is 0.381. The van der Waals surface area contributed by atoms with Gasteiger partial charge >= 0.3 is 0 Å². The number of nitrogens with one attached hydrogen (secondary N) is 1. The van der Waals surface area contributed by atoms with E-state index < -0.39 is 10.0 Å². The molecule has 7 nitrogen and oxygen atoms in total. The summed E-state index contributed by atoms with van der Waals surface area (Å²) in [5.41, 5.74) is 1.42. The van der Waals surface area contributed by atoms with Crippen LogP contribution in [0, 0.1) is 0 Å². The summed E-state index contributed by atoms with van der Waals surface area (Å²) >= 11 is 1.42. The molecule has 1 amide bonds. The Morgan fingerprint density at radius 3 is 2.60 bits per heavy atom. The number of sulfonamides is 1. The summed E-state index contributed by atoms with van der Waals surface area (Å²) in [6.45, 7) is 2.79. The van der Waals surface area contributed by atoms with Gasteiger partial charge in [0.05, 0.1) is 36.9 Å². The highest BCUT2D eigenvalue weighted by Crippen LogP contribution is 2.25. The zero-order valence-electron chi connectivity index (χ0n) is 16.9. The van der Waals surface area contributed by atoms with Crippen molar-refractivity contribution in [1.29, 1.82) is 0 Å². The summed E-state index contributed by atoms with van der Waals surface area (Å²) in [6.07, 6.45) is 1.86. The van der Waals surface area contributed by atoms with Gasteiger partial charge in [-0.2, -0.15) is 0 Å². The third-order valence-corrected chi connectivity index (χ3v) is 6.91. The maximum absolute atomic E-state index is 12.9. The Bertz CT molecular complexity index is 945. The Morgan fingerprint density at radius 1 is 1.17 bits per heavy atom. The van der Waals surface area contributed by atoms with Crippen LogP contribution in [0.3, 0.4) is 0 Å². The largest absolute Gasteiger partial charge is 0.378 e. The van der Waals surface area contributed by atoms with Crippen LogP contribution in [0.25, 0.3) is 0 Å². The summed E-state index contributed by atoms with van der Waals surface area (Å²) in [7, 11) is -3.75. The lowest BCUT2D eigenvalue weighted by Crippen LogP contribution is -2.41. The molecule has 1 N–H and O–H groups in total. The van der Waals surface area contributed by atoms with Crippen molar-refractivity contribution in [3.8, 4) is 0 Å². The van der Waals surface area contributed by atoms with Crippen LogP contribution < -0.4 is 4.72 Å². The molecule has 0 aliphatic carbocycles. The van der Waals surface area contributed by atoms with Crippen molar-refractivity contribution in [1.82, 2.24) is 9.62 Å². The maximum atomic E-state index is 12.9. The van der Waals surface area contributed by atoms with Gasteiger partial charge in [-0.1, -0.05) is 30.3 Å². The van der Waals surface area contributed by atoms with Crippen LogP contribution in [0.15, 0.2) is 58.3 Å². The smallest absolute Gasteiger partial charge is 0.255 e. The zero-order chi connectivity index (χ0) is 21.4. The fourth-order valence-electron chi connectivity index (χ4n) is 3.05. The second kappa shape index (κ2) is 10.9. The van der Waals surface area contributed by atoms with Gasteiger partial charge in [-0.05, 0) is 30.0 Å². The van der Waals surface area contributed by atoms with Crippen LogP contribution in [0.1, 0.15) is 15.9 Å². The molecule has 2 aromatic rings. The predicted octanol–water partition coefficient (Wildman–Crippen LogP) is 2.38. The second-order valence-corrected chi connectivity index (χ2v) is 9.32. The molecule has 0 radical (unpaired) electrons. The van der Waals surface area contributed by atoms with Crippen LogP contribution >= 0.6 is 11.8 Å². The van der Waals surface area contributed by atoms with Gasteiger partial charge in [0, 0.05) is 24.5 Å². The van der Waals surface area contributed by atoms with Crippen molar-refractivity contribution < 1.29 is 22.7 Å². The van der Waals surface area contributed by atoms with Crippen LogP contribution in [0.4, 0.5) is 0 Å². The van der Waals surface area contributed by atoms with Crippen molar-refractivity contribution in [3.05, 3.63) is 59.7 Å². The standard InChI is InChI=1S/C21H26N2O5S2/c1-29-20-8-7-18(15-19(20)21(24)23-10-13-27-14-11-23)30(25,26)22-9-12-28-16-17-5-3-2-4-6-17/h2-8,15,22H,9-14,16H2,1H3. The molecule has 0 aromatic heterocycles. The minimum atomic E-state index is -3.75. The van der Waals surface area contributed by atoms with E-state index in [2.05, 4.69) is 4.72 Å². The number of rotatable bonds is 9. The number of hydrogen-bond donors (Lipinski definition) is 1. The molecular weight excluding hydrogens is 424 g/mol. The van der Waals surface area contributed by atoms with Gasteiger partial charge in [0.2, 0.25) is 10.0 Å². The van der Waals surface area contributed by atoms with E-state index >= 15 is 0 Å². The molecule has 1 aliphatic rings. The Hall–Kier alpha value is -1.91. The number of hydrogen-bond acceptors (Lipinski definition) is 6. The summed E-state index contributed by atoms with van der Waals surface area (Å²) in [5.74, 6) is -0.175. The molecule has 1 aliphatic heterocycles. The van der Waals surface area contributed by atoms with Crippen LogP contribution in [-0.4, -0.2) is 64.9 Å². The Labute approximate surface area is 181 Å². The van der Waals surface area contributed by atoms with E-state index in [4.69, 9.17) is 9.47 Å². The summed E-state index contributed by atoms with van der Waals surface area (Å²) in [5, 5.41) is 0. The number of nitrogens with zero attached hydrogens (tertiary/aromatic N) is 1. The minimum absolute atomic E-state index is 0.0694. The highest BCUT2D eigenvalue weighted by atomic mass is 32.2. The fourth-order valence-corrected chi connectivity index (χ4v) is 4.66. The number of carbonyl (C=O) groups is 1. The predicted molar refractivity (Wildman–Crippen MR) is 116 cm³/mol. The molecule has 2 aromatic carbocycles. The quantitative estimate of drug-likeness (QED) is 0.466. The van der Waals surface area contributed by atoms with Crippen LogP contribution in [0.2, 0.25) is 0 Å². The minimum Gasteiger partial charge on any atom is -0.378 e. The summed E-state index contributed by atoms with van der Waals surface area (Å²) in [4.78, 5) is 15.4. The first-order chi connectivity index (χ1) is 14.5. The molecule has 0 atom stereocenters. The van der Waals surface area contributed by atoms with Crippen molar-refractivity contribution in [2.75, 3.05) is 45.7 Å². The lowest BCUT2D eigenvalue weighted by molar-refractivity contribution is 0.0300. The van der Waals surface area contributed by atoms with Gasteiger partial charge < -0.3 is 14.4 Å². The number of amides is 1. The van der Waals surface area contributed by atoms with Crippen molar-refractivity contribution in [2.45, 2.75) is 16.4 Å². The summed E-state index contributed by atoms with van der Waals surface area (Å²) < 4.78 is 38.8. The third-order valence-electron chi connectivity index (χ3n) is 4.66. The molecule has 9 heteroatoms. The first kappa shape index (κ1) is 22.8. The number of benzene rings is 2. The Morgan fingerprint density at radius 2 is 1.90 bits per heavy atom. The SMILES string of the molecule is CSc1ccc(S(=O)(=O)NCCOCc2ccccc2)cc1C(=O)N1CCOCC1. The molecule has 3 rings (SSSR count). The molecule has 0 spiro atoms. The Kier molecular flexibility index (Phi) is 8.29. The van der Waals surface area contributed by atoms with Gasteiger partial charge in [0.15, 0.2) is 0 Å². The molecule has 1 saturated heterocycles. The normalized spacial score (nSPS) is 14.6. The lowest BCUT2D eigenvalue weighted by atomic mass is 10.2. The van der Waals surface area contributed by atoms with Gasteiger partial charge in [0.25, 0.3) is 5.91 Å². The molecule has 162 valence electrons. The van der Waals surface area contributed by atoms with Crippen molar-refractivity contribution in [2.24, 2.45) is 0 Å².